The fourth-order valence-electron chi connectivity index (χ4n) is 3.15. The minimum Gasteiger partial charge on any atom is -0.369 e. The first-order chi connectivity index (χ1) is 13.4. The molecule has 0 radical (unpaired) electrons. The van der Waals surface area contributed by atoms with Crippen LogP contribution in [-0.4, -0.2) is 55.0 Å². The van der Waals surface area contributed by atoms with Crippen molar-refractivity contribution in [3.8, 4) is 0 Å². The highest BCUT2D eigenvalue weighted by atomic mass is 35.5. The Labute approximate surface area is 173 Å². The number of hydrogen-bond donors (Lipinski definition) is 1. The van der Waals surface area contributed by atoms with Gasteiger partial charge >= 0.3 is 0 Å². The summed E-state index contributed by atoms with van der Waals surface area (Å²) in [6, 6.07) is 11.7. The average Bonchev–Trinajstić information content (AvgIpc) is 2.69. The van der Waals surface area contributed by atoms with Gasteiger partial charge in [0.25, 0.3) is 11.6 Å². The van der Waals surface area contributed by atoms with Gasteiger partial charge in [-0.25, -0.2) is 0 Å². The fraction of sp³-hybridized carbons (Fsp3) is 0.316. The highest BCUT2D eigenvalue weighted by Crippen LogP contribution is 2.22. The van der Waals surface area contributed by atoms with Crippen LogP contribution >= 0.6 is 23.2 Å². The molecule has 0 unspecified atom stereocenters. The molecule has 1 saturated heterocycles. The molecular formula is C19H20Cl2N4O3. The Balaban J connectivity index is 1.47. The smallest absolute Gasteiger partial charge is 0.282 e. The van der Waals surface area contributed by atoms with Gasteiger partial charge in [0.1, 0.15) is 5.56 Å². The molecule has 1 heterocycles. The van der Waals surface area contributed by atoms with Crippen molar-refractivity contribution in [1.82, 2.24) is 10.2 Å². The van der Waals surface area contributed by atoms with E-state index in [4.69, 9.17) is 23.2 Å². The predicted molar refractivity (Wildman–Crippen MR) is 111 cm³/mol. The number of benzene rings is 2. The van der Waals surface area contributed by atoms with Crippen LogP contribution < -0.4 is 10.2 Å². The van der Waals surface area contributed by atoms with Crippen molar-refractivity contribution in [3.63, 3.8) is 0 Å². The summed E-state index contributed by atoms with van der Waals surface area (Å²) < 4.78 is 0. The summed E-state index contributed by atoms with van der Waals surface area (Å²) in [5.74, 6) is -0.492. The number of amides is 1. The number of nitro groups is 1. The van der Waals surface area contributed by atoms with Crippen molar-refractivity contribution < 1.29 is 9.72 Å². The van der Waals surface area contributed by atoms with Crippen LogP contribution in [0.25, 0.3) is 0 Å². The first kappa shape index (κ1) is 20.4. The molecule has 2 aromatic rings. The van der Waals surface area contributed by atoms with Gasteiger partial charge in [-0.1, -0.05) is 23.2 Å². The Morgan fingerprint density at radius 3 is 2.32 bits per heavy atom. The Hall–Kier alpha value is -2.35. The van der Waals surface area contributed by atoms with E-state index in [0.29, 0.717) is 13.1 Å². The standard InChI is InChI=1S/C19H20Cl2N4O3/c20-14-1-4-16(5-2-14)24-11-9-23(10-12-24)8-7-22-19(26)17-13-15(21)3-6-18(17)25(27)28/h1-6,13H,7-12H2,(H,22,26). The monoisotopic (exact) mass is 422 g/mol. The van der Waals surface area contributed by atoms with Gasteiger partial charge in [0.15, 0.2) is 0 Å². The molecule has 0 bridgehead atoms. The second-order valence-electron chi connectivity index (χ2n) is 6.48. The molecule has 148 valence electrons. The van der Waals surface area contributed by atoms with Crippen LogP contribution in [0.2, 0.25) is 10.0 Å². The summed E-state index contributed by atoms with van der Waals surface area (Å²) in [6.07, 6.45) is 0. The Morgan fingerprint density at radius 1 is 1.04 bits per heavy atom. The average molecular weight is 423 g/mol. The number of nitrogens with zero attached hydrogens (tertiary/aromatic N) is 3. The van der Waals surface area contributed by atoms with E-state index < -0.39 is 10.8 Å². The molecule has 1 fully saturated rings. The lowest BCUT2D eigenvalue weighted by Gasteiger charge is -2.36. The summed E-state index contributed by atoms with van der Waals surface area (Å²) in [5.41, 5.74) is 0.870. The summed E-state index contributed by atoms with van der Waals surface area (Å²) in [7, 11) is 0. The van der Waals surface area contributed by atoms with Gasteiger partial charge in [-0.2, -0.15) is 0 Å². The number of piperazine rings is 1. The molecule has 7 nitrogen and oxygen atoms in total. The number of halogens is 2. The number of anilines is 1. The van der Waals surface area contributed by atoms with Gasteiger partial charge < -0.3 is 10.2 Å². The van der Waals surface area contributed by atoms with Crippen LogP contribution in [0.5, 0.6) is 0 Å². The molecule has 0 aliphatic carbocycles. The van der Waals surface area contributed by atoms with Crippen molar-refractivity contribution in [2.45, 2.75) is 0 Å². The SMILES string of the molecule is O=C(NCCN1CCN(c2ccc(Cl)cc2)CC1)c1cc(Cl)ccc1[N+](=O)[O-]. The topological polar surface area (TPSA) is 78.7 Å². The molecule has 0 atom stereocenters. The lowest BCUT2D eigenvalue weighted by molar-refractivity contribution is -0.385. The summed E-state index contributed by atoms with van der Waals surface area (Å²) >= 11 is 11.8. The van der Waals surface area contributed by atoms with E-state index >= 15 is 0 Å². The molecule has 0 saturated carbocycles. The van der Waals surface area contributed by atoms with Gasteiger partial charge in [-0.15, -0.1) is 0 Å². The van der Waals surface area contributed by atoms with Crippen LogP contribution in [0.3, 0.4) is 0 Å². The minimum absolute atomic E-state index is 0.0231. The van der Waals surface area contributed by atoms with Crippen molar-refractivity contribution in [2.75, 3.05) is 44.2 Å². The molecule has 0 aromatic heterocycles. The highest BCUT2D eigenvalue weighted by molar-refractivity contribution is 6.31. The van der Waals surface area contributed by atoms with Crippen LogP contribution in [0.15, 0.2) is 42.5 Å². The zero-order valence-electron chi connectivity index (χ0n) is 15.1. The van der Waals surface area contributed by atoms with E-state index in [-0.39, 0.29) is 16.3 Å². The van der Waals surface area contributed by atoms with Gasteiger partial charge in [0.05, 0.1) is 4.92 Å². The van der Waals surface area contributed by atoms with E-state index in [1.165, 1.54) is 18.2 Å². The quantitative estimate of drug-likeness (QED) is 0.569. The summed E-state index contributed by atoms with van der Waals surface area (Å²) in [5, 5.41) is 14.8. The minimum atomic E-state index is -0.582. The molecule has 0 spiro atoms. The largest absolute Gasteiger partial charge is 0.369 e. The molecule has 1 aliphatic heterocycles. The highest BCUT2D eigenvalue weighted by Gasteiger charge is 2.21. The number of nitro benzene ring substituents is 1. The van der Waals surface area contributed by atoms with Crippen molar-refractivity contribution in [1.29, 1.82) is 0 Å². The second-order valence-corrected chi connectivity index (χ2v) is 7.35. The second kappa shape index (κ2) is 9.23. The van der Waals surface area contributed by atoms with E-state index in [1.54, 1.807) is 0 Å². The van der Waals surface area contributed by atoms with Crippen molar-refractivity contribution >= 4 is 40.5 Å². The molecule has 1 amide bonds. The Morgan fingerprint density at radius 2 is 1.68 bits per heavy atom. The van der Waals surface area contributed by atoms with Crippen LogP contribution in [-0.2, 0) is 0 Å². The van der Waals surface area contributed by atoms with Gasteiger partial charge in [-0.3, -0.25) is 19.8 Å². The summed E-state index contributed by atoms with van der Waals surface area (Å²) in [4.78, 5) is 27.4. The normalized spacial score (nSPS) is 14.7. The van der Waals surface area contributed by atoms with E-state index in [9.17, 15) is 14.9 Å². The number of hydrogen-bond acceptors (Lipinski definition) is 5. The summed E-state index contributed by atoms with van der Waals surface area (Å²) in [6.45, 7) is 4.59. The van der Waals surface area contributed by atoms with Crippen LogP contribution in [0.4, 0.5) is 11.4 Å². The van der Waals surface area contributed by atoms with Gasteiger partial charge in [-0.05, 0) is 36.4 Å². The Bertz CT molecular complexity index is 853. The fourth-order valence-corrected chi connectivity index (χ4v) is 3.45. The maximum absolute atomic E-state index is 12.3. The molecule has 28 heavy (non-hydrogen) atoms. The first-order valence-electron chi connectivity index (χ1n) is 8.89. The van der Waals surface area contributed by atoms with Crippen LogP contribution in [0.1, 0.15) is 10.4 Å². The molecule has 1 N–H and O–H groups in total. The third-order valence-corrected chi connectivity index (χ3v) is 5.16. The molecule has 2 aromatic carbocycles. The zero-order chi connectivity index (χ0) is 20.1. The number of carbonyl (C=O) groups is 1. The predicted octanol–water partition coefficient (Wildman–Crippen LogP) is 3.45. The lowest BCUT2D eigenvalue weighted by Crippen LogP contribution is -2.48. The molecular weight excluding hydrogens is 403 g/mol. The number of carbonyl (C=O) groups excluding carboxylic acids is 1. The Kier molecular flexibility index (Phi) is 6.72. The van der Waals surface area contributed by atoms with Crippen LogP contribution in [0, 0.1) is 10.1 Å². The van der Waals surface area contributed by atoms with Gasteiger partial charge in [0, 0.05) is 61.1 Å². The third-order valence-electron chi connectivity index (χ3n) is 4.68. The third kappa shape index (κ3) is 5.13. The first-order valence-corrected chi connectivity index (χ1v) is 9.64. The van der Waals surface area contributed by atoms with E-state index in [0.717, 1.165) is 36.9 Å². The van der Waals surface area contributed by atoms with Crippen molar-refractivity contribution in [2.24, 2.45) is 0 Å². The number of rotatable bonds is 6. The van der Waals surface area contributed by atoms with E-state index in [1.807, 2.05) is 24.3 Å². The number of nitrogens with one attached hydrogen (secondary N) is 1. The lowest BCUT2D eigenvalue weighted by atomic mass is 10.1. The van der Waals surface area contributed by atoms with Gasteiger partial charge in [0.2, 0.25) is 0 Å². The molecule has 1 aliphatic rings. The molecule has 3 rings (SSSR count). The maximum Gasteiger partial charge on any atom is 0.282 e. The molecule has 9 heteroatoms. The van der Waals surface area contributed by atoms with Crippen molar-refractivity contribution in [3.05, 3.63) is 68.2 Å². The zero-order valence-corrected chi connectivity index (χ0v) is 16.6. The maximum atomic E-state index is 12.3. The van der Waals surface area contributed by atoms with E-state index in [2.05, 4.69) is 15.1 Å².